The zero-order chi connectivity index (χ0) is 32.3. The first kappa shape index (κ1) is 30.4. The highest BCUT2D eigenvalue weighted by Gasteiger charge is 2.49. The molecule has 47 heavy (non-hydrogen) atoms. The topological polar surface area (TPSA) is 103 Å². The van der Waals surface area contributed by atoms with E-state index in [0.717, 1.165) is 110 Å². The van der Waals surface area contributed by atoms with Crippen molar-refractivity contribution in [1.29, 1.82) is 0 Å². The molecule has 1 spiro atoms. The maximum absolute atomic E-state index is 13.8. The van der Waals surface area contributed by atoms with Gasteiger partial charge in [0.15, 0.2) is 5.82 Å². The highest BCUT2D eigenvalue weighted by Crippen LogP contribution is 2.50. The van der Waals surface area contributed by atoms with E-state index in [1.807, 2.05) is 24.1 Å². The highest BCUT2D eigenvalue weighted by atomic mass is 16.5. The third kappa shape index (κ3) is 5.39. The number of likely N-dealkylation sites (tertiary alicyclic amines) is 1. The van der Waals surface area contributed by atoms with Crippen LogP contribution >= 0.6 is 0 Å². The lowest BCUT2D eigenvalue weighted by Crippen LogP contribution is -2.59. The van der Waals surface area contributed by atoms with E-state index in [1.54, 1.807) is 7.11 Å². The number of ether oxygens (including phenoxy) is 2. The van der Waals surface area contributed by atoms with E-state index in [0.29, 0.717) is 24.4 Å². The summed E-state index contributed by atoms with van der Waals surface area (Å²) in [6.07, 6.45) is 8.41. The third-order valence-corrected chi connectivity index (χ3v) is 11.2. The molecule has 10 nitrogen and oxygen atoms in total. The Morgan fingerprint density at radius 1 is 1.06 bits per heavy atom. The van der Waals surface area contributed by atoms with Crippen LogP contribution in [0.2, 0.25) is 0 Å². The Hall–Kier alpha value is -3.89. The van der Waals surface area contributed by atoms with Crippen LogP contribution in [0, 0.1) is 5.41 Å². The smallest absolute Gasteiger partial charge is 0.254 e. The molecule has 0 radical (unpaired) electrons. The number of nitrogens with zero attached hydrogens (tertiary/aromatic N) is 4. The Kier molecular flexibility index (Phi) is 7.75. The zero-order valence-corrected chi connectivity index (χ0v) is 27.8. The second-order valence-electron chi connectivity index (χ2n) is 14.2. The number of carbonyl (C=O) groups is 2. The normalized spacial score (nSPS) is 24.7. The molecule has 2 N–H and O–H groups in total. The van der Waals surface area contributed by atoms with E-state index in [2.05, 4.69) is 51.0 Å². The summed E-state index contributed by atoms with van der Waals surface area (Å²) in [6, 6.07) is 12.6. The fourth-order valence-corrected chi connectivity index (χ4v) is 8.19. The quantitative estimate of drug-likeness (QED) is 0.315. The molecule has 4 aromatic rings. The SMILES string of the molecule is COc1cc(C(=O)N2CC[C@H]3OCCN[C@H]3C2)cc2nc(-c3cc4ccc5cc4n3CCCCCCC3(CC3)C(=O)N[C@@H]5C)n(C)c12. The average Bonchev–Trinajstić information content (AvgIpc) is 3.70. The number of imidazole rings is 1. The van der Waals surface area contributed by atoms with Crippen molar-refractivity contribution in [1.82, 2.24) is 29.7 Å². The summed E-state index contributed by atoms with van der Waals surface area (Å²) in [5.41, 5.74) is 5.35. The number of piperidine rings is 1. The molecule has 8 rings (SSSR count). The molecule has 2 amide bonds. The molecule has 2 saturated heterocycles. The number of aryl methyl sites for hydroxylation is 2. The monoisotopic (exact) mass is 638 g/mol. The van der Waals surface area contributed by atoms with Crippen molar-refractivity contribution in [3.8, 4) is 17.3 Å². The van der Waals surface area contributed by atoms with Gasteiger partial charge in [0, 0.05) is 55.1 Å². The largest absolute Gasteiger partial charge is 0.494 e. The molecular formula is C37H46N6O4. The standard InChI is InChI=1S/C37H46N6O4/c1-23-24-8-9-25-20-30(43(29(25)19-24)15-7-5-4-6-11-37(12-13-37)36(45)39-23)34-40-27-18-26(21-32(46-3)33(27)41(34)2)35(44)42-16-10-31-28(22-42)38-14-17-47-31/h8-9,18-21,23,28,31,38H,4-7,10-17,22H2,1-3H3,(H,39,45)/t23-,28+,31-/m1/s1. The van der Waals surface area contributed by atoms with Gasteiger partial charge in [0.25, 0.3) is 5.91 Å². The van der Waals surface area contributed by atoms with E-state index in [4.69, 9.17) is 14.5 Å². The molecule has 3 aliphatic heterocycles. The van der Waals surface area contributed by atoms with Gasteiger partial charge in [-0.05, 0) is 68.9 Å². The van der Waals surface area contributed by atoms with Crippen molar-refractivity contribution in [2.45, 2.75) is 83.0 Å². The van der Waals surface area contributed by atoms with Crippen LogP contribution in [-0.2, 0) is 23.1 Å². The molecular weight excluding hydrogens is 592 g/mol. The lowest BCUT2D eigenvalue weighted by molar-refractivity contribution is -0.127. The van der Waals surface area contributed by atoms with Crippen molar-refractivity contribution in [2.75, 3.05) is 33.4 Å². The van der Waals surface area contributed by atoms with E-state index in [1.165, 1.54) is 0 Å². The number of fused-ring (bicyclic) bond motifs is 3. The van der Waals surface area contributed by atoms with Gasteiger partial charge in [0.05, 0.1) is 43.1 Å². The molecule has 5 heterocycles. The highest BCUT2D eigenvalue weighted by molar-refractivity contribution is 6.00. The van der Waals surface area contributed by atoms with Crippen LogP contribution in [-0.4, -0.2) is 76.3 Å². The number of carbonyl (C=O) groups excluding carboxylic acids is 2. The predicted octanol–water partition coefficient (Wildman–Crippen LogP) is 5.33. The minimum atomic E-state index is -0.139. The second-order valence-corrected chi connectivity index (χ2v) is 14.2. The van der Waals surface area contributed by atoms with Gasteiger partial charge in [-0.3, -0.25) is 9.59 Å². The van der Waals surface area contributed by atoms with Crippen molar-refractivity contribution in [3.63, 3.8) is 0 Å². The van der Waals surface area contributed by atoms with Gasteiger partial charge >= 0.3 is 0 Å². The molecule has 0 unspecified atom stereocenters. The molecule has 3 fully saturated rings. The predicted molar refractivity (Wildman–Crippen MR) is 182 cm³/mol. The van der Waals surface area contributed by atoms with Crippen LogP contribution in [0.5, 0.6) is 5.75 Å². The van der Waals surface area contributed by atoms with Crippen molar-refractivity contribution in [2.24, 2.45) is 12.5 Å². The maximum Gasteiger partial charge on any atom is 0.254 e. The number of hydrogen-bond donors (Lipinski definition) is 2. The van der Waals surface area contributed by atoms with Crippen LogP contribution in [0.4, 0.5) is 0 Å². The first-order valence-corrected chi connectivity index (χ1v) is 17.5. The number of nitrogens with one attached hydrogen (secondary N) is 2. The van der Waals surface area contributed by atoms with Crippen LogP contribution in [0.25, 0.3) is 33.5 Å². The summed E-state index contributed by atoms with van der Waals surface area (Å²) in [7, 11) is 3.68. The van der Waals surface area contributed by atoms with E-state index in [-0.39, 0.29) is 35.4 Å². The number of benzene rings is 2. The van der Waals surface area contributed by atoms with Gasteiger partial charge in [-0.1, -0.05) is 31.4 Å². The lowest BCUT2D eigenvalue weighted by Gasteiger charge is -2.41. The van der Waals surface area contributed by atoms with Crippen LogP contribution in [0.15, 0.2) is 36.4 Å². The molecule has 10 heteroatoms. The Morgan fingerprint density at radius 3 is 2.74 bits per heavy atom. The third-order valence-electron chi connectivity index (χ3n) is 11.2. The molecule has 248 valence electrons. The van der Waals surface area contributed by atoms with Crippen LogP contribution in [0.3, 0.4) is 0 Å². The minimum Gasteiger partial charge on any atom is -0.494 e. The van der Waals surface area contributed by atoms with Gasteiger partial charge in [-0.25, -0.2) is 4.98 Å². The molecule has 1 aliphatic carbocycles. The zero-order valence-electron chi connectivity index (χ0n) is 27.8. The van der Waals surface area contributed by atoms with E-state index >= 15 is 0 Å². The first-order valence-electron chi connectivity index (χ1n) is 17.5. The van der Waals surface area contributed by atoms with Gasteiger partial charge < -0.3 is 34.1 Å². The Labute approximate surface area is 275 Å². The van der Waals surface area contributed by atoms with E-state index in [9.17, 15) is 9.59 Å². The number of aromatic nitrogens is 3. The molecule has 4 aliphatic rings. The molecule has 3 atom stereocenters. The summed E-state index contributed by atoms with van der Waals surface area (Å²) < 4.78 is 16.3. The summed E-state index contributed by atoms with van der Waals surface area (Å²) in [4.78, 5) is 34.2. The molecule has 1 saturated carbocycles. The summed E-state index contributed by atoms with van der Waals surface area (Å²) in [5.74, 6) is 1.68. The van der Waals surface area contributed by atoms with E-state index < -0.39 is 0 Å². The van der Waals surface area contributed by atoms with Crippen LogP contribution in [0.1, 0.15) is 80.3 Å². The maximum atomic E-state index is 13.8. The number of amides is 2. The molecule has 2 bridgehead atoms. The number of hydrogen-bond acceptors (Lipinski definition) is 6. The Bertz CT molecular complexity index is 1850. The fourth-order valence-electron chi connectivity index (χ4n) is 8.19. The van der Waals surface area contributed by atoms with Crippen molar-refractivity contribution < 1.29 is 19.1 Å². The second kappa shape index (κ2) is 12.0. The van der Waals surface area contributed by atoms with Gasteiger partial charge in [-0.15, -0.1) is 0 Å². The molecule has 2 aromatic heterocycles. The number of morpholine rings is 1. The summed E-state index contributed by atoms with van der Waals surface area (Å²) in [6.45, 7) is 5.81. The summed E-state index contributed by atoms with van der Waals surface area (Å²) in [5, 5.41) is 8.01. The van der Waals surface area contributed by atoms with Crippen molar-refractivity contribution >= 4 is 33.8 Å². The van der Waals surface area contributed by atoms with Gasteiger partial charge in [0.1, 0.15) is 11.3 Å². The van der Waals surface area contributed by atoms with Gasteiger partial charge in [0.2, 0.25) is 5.91 Å². The number of methoxy groups -OCH3 is 1. The van der Waals surface area contributed by atoms with Gasteiger partial charge in [-0.2, -0.15) is 0 Å². The molecule has 2 aromatic carbocycles. The van der Waals surface area contributed by atoms with Crippen LogP contribution < -0.4 is 15.4 Å². The Balaban J connectivity index is 1.16. The van der Waals surface area contributed by atoms with Crippen molar-refractivity contribution in [3.05, 3.63) is 47.5 Å². The Morgan fingerprint density at radius 2 is 1.91 bits per heavy atom. The first-order chi connectivity index (χ1) is 22.8. The fraction of sp³-hybridized carbons (Fsp3) is 0.541. The summed E-state index contributed by atoms with van der Waals surface area (Å²) >= 11 is 0. The number of rotatable bonds is 3. The average molecular weight is 639 g/mol. The minimum absolute atomic E-state index is 0.00755. The lowest BCUT2D eigenvalue weighted by atomic mass is 9.95.